The molecular weight excluding hydrogens is 410 g/mol. The Morgan fingerprint density at radius 2 is 1.84 bits per heavy atom. The minimum atomic E-state index is 0.477. The molecule has 9 heteroatoms. The predicted octanol–water partition coefficient (Wildman–Crippen LogP) is 4.03. The molecule has 3 aromatic heterocycles. The quantitative estimate of drug-likeness (QED) is 0.475. The van der Waals surface area contributed by atoms with Gasteiger partial charge in [-0.1, -0.05) is 0 Å². The van der Waals surface area contributed by atoms with Crippen LogP contribution < -0.4 is 15.5 Å². The molecule has 2 fully saturated rings. The van der Waals surface area contributed by atoms with E-state index in [-0.39, 0.29) is 0 Å². The van der Waals surface area contributed by atoms with Gasteiger partial charge in [-0.25, -0.2) is 4.98 Å². The molecule has 0 unspecified atom stereocenters. The van der Waals surface area contributed by atoms with Crippen molar-refractivity contribution in [2.75, 3.05) is 41.8 Å². The maximum atomic E-state index is 5.45. The van der Waals surface area contributed by atoms with E-state index in [9.17, 15) is 0 Å². The van der Waals surface area contributed by atoms with Crippen LogP contribution in [-0.4, -0.2) is 51.9 Å². The summed E-state index contributed by atoms with van der Waals surface area (Å²) in [5.74, 6) is 1.35. The number of imidazole rings is 1. The summed E-state index contributed by atoms with van der Waals surface area (Å²) in [6, 6.07) is 10.9. The highest BCUT2D eigenvalue weighted by Gasteiger charge is 2.24. The van der Waals surface area contributed by atoms with Crippen molar-refractivity contribution in [1.82, 2.24) is 19.5 Å². The minimum Gasteiger partial charge on any atom is -0.378 e. The van der Waals surface area contributed by atoms with Gasteiger partial charge in [0.05, 0.1) is 18.9 Å². The SMILES string of the molecule is c1cc(-n2cnc3c(NC4CC4)nc(Nc4ccc(N5CCOCC5)cc4)nc32)cs1. The van der Waals surface area contributed by atoms with E-state index in [2.05, 4.69) is 61.6 Å². The van der Waals surface area contributed by atoms with Crippen LogP contribution in [0, 0.1) is 0 Å². The topological polar surface area (TPSA) is 80.1 Å². The van der Waals surface area contributed by atoms with Crippen LogP contribution in [0.3, 0.4) is 0 Å². The summed E-state index contributed by atoms with van der Waals surface area (Å²) in [6.45, 7) is 3.41. The Morgan fingerprint density at radius 3 is 2.58 bits per heavy atom. The lowest BCUT2D eigenvalue weighted by Gasteiger charge is -2.28. The van der Waals surface area contributed by atoms with Gasteiger partial charge in [-0.3, -0.25) is 4.57 Å². The number of hydrogen-bond donors (Lipinski definition) is 2. The van der Waals surface area contributed by atoms with Crippen LogP contribution in [0.2, 0.25) is 0 Å². The normalized spacial score (nSPS) is 16.6. The molecule has 1 aliphatic heterocycles. The number of benzene rings is 1. The fourth-order valence-corrected chi connectivity index (χ4v) is 4.40. The van der Waals surface area contributed by atoms with Gasteiger partial charge >= 0.3 is 0 Å². The van der Waals surface area contributed by atoms with Crippen molar-refractivity contribution in [2.24, 2.45) is 0 Å². The van der Waals surface area contributed by atoms with E-state index in [0.29, 0.717) is 12.0 Å². The summed E-state index contributed by atoms with van der Waals surface area (Å²) in [5.41, 5.74) is 4.81. The van der Waals surface area contributed by atoms with Gasteiger partial charge in [-0.05, 0) is 48.6 Å². The molecule has 4 heterocycles. The number of ether oxygens (including phenoxy) is 1. The molecule has 1 saturated carbocycles. The van der Waals surface area contributed by atoms with Gasteiger partial charge < -0.3 is 20.3 Å². The number of nitrogens with zero attached hydrogens (tertiary/aromatic N) is 5. The van der Waals surface area contributed by atoms with Crippen molar-refractivity contribution in [2.45, 2.75) is 18.9 Å². The highest BCUT2D eigenvalue weighted by atomic mass is 32.1. The summed E-state index contributed by atoms with van der Waals surface area (Å²) in [6.07, 6.45) is 4.16. The minimum absolute atomic E-state index is 0.477. The molecule has 0 amide bonds. The predicted molar refractivity (Wildman–Crippen MR) is 124 cm³/mol. The van der Waals surface area contributed by atoms with Crippen LogP contribution in [0.4, 0.5) is 23.1 Å². The summed E-state index contributed by atoms with van der Waals surface area (Å²) < 4.78 is 7.46. The Kier molecular flexibility index (Phi) is 4.69. The van der Waals surface area contributed by atoms with E-state index in [0.717, 1.165) is 54.7 Å². The lowest BCUT2D eigenvalue weighted by molar-refractivity contribution is 0.122. The molecule has 158 valence electrons. The number of thiophene rings is 1. The molecule has 0 atom stereocenters. The Morgan fingerprint density at radius 1 is 1.00 bits per heavy atom. The van der Waals surface area contributed by atoms with E-state index >= 15 is 0 Å². The van der Waals surface area contributed by atoms with Crippen molar-refractivity contribution in [3.05, 3.63) is 47.4 Å². The second-order valence-electron chi connectivity index (χ2n) is 7.85. The largest absolute Gasteiger partial charge is 0.378 e. The monoisotopic (exact) mass is 433 g/mol. The van der Waals surface area contributed by atoms with E-state index in [1.807, 2.05) is 10.9 Å². The molecule has 0 bridgehead atoms. The highest BCUT2D eigenvalue weighted by molar-refractivity contribution is 7.08. The molecule has 1 aliphatic carbocycles. The lowest BCUT2D eigenvalue weighted by atomic mass is 10.2. The van der Waals surface area contributed by atoms with E-state index in [4.69, 9.17) is 14.7 Å². The molecule has 0 spiro atoms. The van der Waals surface area contributed by atoms with Crippen LogP contribution >= 0.6 is 11.3 Å². The summed E-state index contributed by atoms with van der Waals surface area (Å²) in [4.78, 5) is 16.5. The van der Waals surface area contributed by atoms with Crippen molar-refractivity contribution >= 4 is 45.6 Å². The van der Waals surface area contributed by atoms with Gasteiger partial charge in [0.1, 0.15) is 6.33 Å². The Hall–Kier alpha value is -3.17. The zero-order valence-electron chi connectivity index (χ0n) is 17.0. The number of hydrogen-bond acceptors (Lipinski definition) is 8. The van der Waals surface area contributed by atoms with E-state index in [1.54, 1.807) is 11.3 Å². The molecule has 1 aromatic carbocycles. The average Bonchev–Trinajstić information content (AvgIpc) is 3.27. The van der Waals surface area contributed by atoms with E-state index in [1.165, 1.54) is 18.5 Å². The molecule has 1 saturated heterocycles. The zero-order valence-corrected chi connectivity index (χ0v) is 17.8. The van der Waals surface area contributed by atoms with Gasteiger partial charge in [0.15, 0.2) is 17.0 Å². The van der Waals surface area contributed by atoms with Gasteiger partial charge in [0.2, 0.25) is 5.95 Å². The first-order valence-corrected chi connectivity index (χ1v) is 11.5. The molecule has 8 nitrogen and oxygen atoms in total. The fourth-order valence-electron chi connectivity index (χ4n) is 3.77. The number of fused-ring (bicyclic) bond motifs is 1. The fraction of sp³-hybridized carbons (Fsp3) is 0.318. The number of anilines is 4. The second-order valence-corrected chi connectivity index (χ2v) is 8.63. The smallest absolute Gasteiger partial charge is 0.231 e. The first-order chi connectivity index (χ1) is 15.3. The summed E-state index contributed by atoms with van der Waals surface area (Å²) in [7, 11) is 0. The standard InChI is InChI=1S/C22H23N7OS/c1-2-15(1)24-20-19-21(29(14-23-19)18-7-12-31-13-18)27-22(26-20)25-16-3-5-17(6-4-16)28-8-10-30-11-9-28/h3-7,12-15H,1-2,8-11H2,(H2,24,25,26,27). The van der Waals surface area contributed by atoms with Crippen molar-refractivity contribution < 1.29 is 4.74 Å². The zero-order chi connectivity index (χ0) is 20.6. The Labute approximate surface area is 183 Å². The average molecular weight is 434 g/mol. The third-order valence-corrected chi connectivity index (χ3v) is 6.27. The van der Waals surface area contributed by atoms with Crippen LogP contribution in [0.15, 0.2) is 47.4 Å². The second kappa shape index (κ2) is 7.82. The number of rotatable bonds is 6. The molecule has 2 N–H and O–H groups in total. The van der Waals surface area contributed by atoms with Crippen LogP contribution in [0.5, 0.6) is 0 Å². The molecule has 4 aromatic rings. The number of nitrogens with one attached hydrogen (secondary N) is 2. The van der Waals surface area contributed by atoms with Crippen molar-refractivity contribution in [1.29, 1.82) is 0 Å². The van der Waals surface area contributed by atoms with Gasteiger partial charge in [0, 0.05) is 35.9 Å². The van der Waals surface area contributed by atoms with Gasteiger partial charge in [-0.2, -0.15) is 21.3 Å². The Bertz CT molecular complexity index is 1180. The van der Waals surface area contributed by atoms with Crippen molar-refractivity contribution in [3.63, 3.8) is 0 Å². The maximum absolute atomic E-state index is 5.45. The van der Waals surface area contributed by atoms with Gasteiger partial charge in [0.25, 0.3) is 0 Å². The third-order valence-electron chi connectivity index (χ3n) is 5.60. The van der Waals surface area contributed by atoms with Crippen LogP contribution in [0.25, 0.3) is 16.9 Å². The number of morpholine rings is 1. The highest BCUT2D eigenvalue weighted by Crippen LogP contribution is 2.30. The van der Waals surface area contributed by atoms with Gasteiger partial charge in [-0.15, -0.1) is 0 Å². The summed E-state index contributed by atoms with van der Waals surface area (Å²) >= 11 is 1.66. The van der Waals surface area contributed by atoms with Crippen molar-refractivity contribution in [3.8, 4) is 5.69 Å². The lowest BCUT2D eigenvalue weighted by Crippen LogP contribution is -2.36. The van der Waals surface area contributed by atoms with Crippen LogP contribution in [0.1, 0.15) is 12.8 Å². The Balaban J connectivity index is 1.32. The molecule has 0 radical (unpaired) electrons. The molecular formula is C22H23N7OS. The first kappa shape index (κ1) is 18.6. The molecule has 31 heavy (non-hydrogen) atoms. The van der Waals surface area contributed by atoms with Crippen LogP contribution in [-0.2, 0) is 4.74 Å². The first-order valence-electron chi connectivity index (χ1n) is 10.6. The molecule has 6 rings (SSSR count). The molecule has 2 aliphatic rings. The van der Waals surface area contributed by atoms with E-state index < -0.39 is 0 Å². The summed E-state index contributed by atoms with van der Waals surface area (Å²) in [5, 5.41) is 11.0. The number of aromatic nitrogens is 4. The maximum Gasteiger partial charge on any atom is 0.231 e. The third kappa shape index (κ3) is 3.82.